The monoisotopic (exact) mass is 284 g/mol. The molecule has 0 aliphatic carbocycles. The Hall–Kier alpha value is -1.56. The third kappa shape index (κ3) is 3.96. The largest absolute Gasteiger partial charge is 0.355 e. The van der Waals surface area contributed by atoms with Crippen LogP contribution in [0.3, 0.4) is 0 Å². The Morgan fingerprint density at radius 3 is 2.53 bits per heavy atom. The van der Waals surface area contributed by atoms with Gasteiger partial charge in [-0.2, -0.15) is 0 Å². The fourth-order valence-corrected chi connectivity index (χ4v) is 3.06. The van der Waals surface area contributed by atoms with Gasteiger partial charge in [-0.1, -0.05) is 12.1 Å². The summed E-state index contributed by atoms with van der Waals surface area (Å²) in [5, 5.41) is 2.64. The van der Waals surface area contributed by atoms with Gasteiger partial charge in [0.2, 0.25) is 15.9 Å². The highest BCUT2D eigenvalue weighted by Gasteiger charge is 2.28. The van der Waals surface area contributed by atoms with Crippen LogP contribution in [0.1, 0.15) is 19.4 Å². The minimum absolute atomic E-state index is 0.311. The second-order valence-electron chi connectivity index (χ2n) is 4.47. The number of amides is 1. The lowest BCUT2D eigenvalue weighted by Gasteiger charge is -2.28. The minimum atomic E-state index is -3.52. The number of nitrogens with zero attached hydrogens (tertiary/aromatic N) is 1. The van der Waals surface area contributed by atoms with Crippen LogP contribution in [0, 0.1) is 6.92 Å². The van der Waals surface area contributed by atoms with Crippen molar-refractivity contribution in [3.63, 3.8) is 0 Å². The molecule has 1 aromatic rings. The van der Waals surface area contributed by atoms with E-state index in [-0.39, 0.29) is 5.91 Å². The lowest BCUT2D eigenvalue weighted by atomic mass is 10.2. The first kappa shape index (κ1) is 15.5. The van der Waals surface area contributed by atoms with Crippen molar-refractivity contribution >= 4 is 21.6 Å². The Morgan fingerprint density at radius 2 is 2.05 bits per heavy atom. The number of carbonyl (C=O) groups excluding carboxylic acids is 1. The molecule has 0 saturated carbocycles. The Labute approximate surface area is 114 Å². The number of hydrogen-bond donors (Lipinski definition) is 1. The number of likely N-dealkylation sites (N-methyl/N-ethyl adjacent to an activating group) is 1. The molecule has 0 aromatic heterocycles. The molecule has 19 heavy (non-hydrogen) atoms. The van der Waals surface area contributed by atoms with Crippen LogP contribution in [-0.4, -0.2) is 33.2 Å². The lowest BCUT2D eigenvalue weighted by molar-refractivity contribution is -0.121. The Bertz CT molecular complexity index is 555. The van der Waals surface area contributed by atoms with E-state index in [0.717, 1.165) is 16.1 Å². The fourth-order valence-electron chi connectivity index (χ4n) is 1.90. The Balaban J connectivity index is 3.20. The first-order valence-corrected chi connectivity index (χ1v) is 7.96. The Kier molecular flexibility index (Phi) is 4.94. The molecule has 0 aliphatic heterocycles. The zero-order chi connectivity index (χ0) is 14.6. The van der Waals surface area contributed by atoms with Gasteiger partial charge in [-0.15, -0.1) is 0 Å². The number of hydrogen-bond acceptors (Lipinski definition) is 3. The zero-order valence-electron chi connectivity index (χ0n) is 11.7. The van der Waals surface area contributed by atoms with E-state index in [2.05, 4.69) is 5.32 Å². The predicted octanol–water partition coefficient (Wildman–Crippen LogP) is 1.29. The molecule has 5 nitrogen and oxygen atoms in total. The van der Waals surface area contributed by atoms with E-state index in [1.807, 2.05) is 13.0 Å². The van der Waals surface area contributed by atoms with Crippen LogP contribution in [0.5, 0.6) is 0 Å². The van der Waals surface area contributed by atoms with Crippen LogP contribution in [0.4, 0.5) is 5.69 Å². The molecule has 1 rings (SSSR count). The number of nitrogens with one attached hydrogen (secondary N) is 1. The van der Waals surface area contributed by atoms with E-state index in [1.165, 1.54) is 0 Å². The SMILES string of the molecule is CCNC(=O)C(C)N(c1cccc(C)c1)S(C)(=O)=O. The molecular formula is C13H20N2O3S. The van der Waals surface area contributed by atoms with Gasteiger partial charge in [0, 0.05) is 6.54 Å². The van der Waals surface area contributed by atoms with Crippen molar-refractivity contribution in [3.05, 3.63) is 29.8 Å². The maximum Gasteiger partial charge on any atom is 0.243 e. The van der Waals surface area contributed by atoms with Crippen LogP contribution >= 0.6 is 0 Å². The average molecular weight is 284 g/mol. The van der Waals surface area contributed by atoms with Crippen LogP contribution in [0.2, 0.25) is 0 Å². The molecule has 0 radical (unpaired) electrons. The van der Waals surface area contributed by atoms with Crippen LogP contribution in [0.15, 0.2) is 24.3 Å². The number of aryl methyl sites for hydroxylation is 1. The van der Waals surface area contributed by atoms with Gasteiger partial charge < -0.3 is 5.32 Å². The van der Waals surface area contributed by atoms with Gasteiger partial charge >= 0.3 is 0 Å². The molecule has 1 unspecified atom stereocenters. The summed E-state index contributed by atoms with van der Waals surface area (Å²) in [4.78, 5) is 11.9. The van der Waals surface area contributed by atoms with Gasteiger partial charge in [0.25, 0.3) is 0 Å². The quantitative estimate of drug-likeness (QED) is 0.886. The van der Waals surface area contributed by atoms with Crippen molar-refractivity contribution in [2.75, 3.05) is 17.1 Å². The molecule has 0 spiro atoms. The van der Waals surface area contributed by atoms with Crippen molar-refractivity contribution in [3.8, 4) is 0 Å². The van der Waals surface area contributed by atoms with Crippen molar-refractivity contribution in [2.45, 2.75) is 26.8 Å². The molecule has 0 fully saturated rings. The van der Waals surface area contributed by atoms with Crippen LogP contribution < -0.4 is 9.62 Å². The maximum atomic E-state index is 11.9. The molecule has 0 saturated heterocycles. The van der Waals surface area contributed by atoms with E-state index in [4.69, 9.17) is 0 Å². The lowest BCUT2D eigenvalue weighted by Crippen LogP contribution is -2.47. The number of anilines is 1. The van der Waals surface area contributed by atoms with Gasteiger partial charge in [0.1, 0.15) is 6.04 Å². The highest BCUT2D eigenvalue weighted by molar-refractivity contribution is 7.92. The smallest absolute Gasteiger partial charge is 0.243 e. The second kappa shape index (κ2) is 6.06. The zero-order valence-corrected chi connectivity index (χ0v) is 12.5. The molecule has 0 heterocycles. The normalized spacial score (nSPS) is 12.8. The van der Waals surface area contributed by atoms with Crippen molar-refractivity contribution in [2.24, 2.45) is 0 Å². The third-order valence-electron chi connectivity index (χ3n) is 2.70. The number of benzene rings is 1. The molecule has 6 heteroatoms. The van der Waals surface area contributed by atoms with Gasteiger partial charge in [0.15, 0.2) is 0 Å². The Morgan fingerprint density at radius 1 is 1.42 bits per heavy atom. The summed E-state index contributed by atoms with van der Waals surface area (Å²) in [5.74, 6) is -0.311. The molecule has 0 aliphatic rings. The van der Waals surface area contributed by atoms with E-state index < -0.39 is 16.1 Å². The summed E-state index contributed by atoms with van der Waals surface area (Å²) in [5.41, 5.74) is 1.44. The first-order valence-electron chi connectivity index (χ1n) is 6.11. The molecule has 1 atom stereocenters. The van der Waals surface area contributed by atoms with E-state index >= 15 is 0 Å². The standard InChI is InChI=1S/C13H20N2O3S/c1-5-14-13(16)11(3)15(19(4,17)18)12-8-6-7-10(2)9-12/h6-9,11H,5H2,1-4H3,(H,14,16). The highest BCUT2D eigenvalue weighted by Crippen LogP contribution is 2.21. The minimum Gasteiger partial charge on any atom is -0.355 e. The van der Waals surface area contributed by atoms with Crippen molar-refractivity contribution < 1.29 is 13.2 Å². The van der Waals surface area contributed by atoms with Gasteiger partial charge in [-0.25, -0.2) is 8.42 Å². The summed E-state index contributed by atoms with van der Waals surface area (Å²) in [7, 11) is -3.52. The molecule has 106 valence electrons. The average Bonchev–Trinajstić information content (AvgIpc) is 2.27. The van der Waals surface area contributed by atoms with Crippen LogP contribution in [0.25, 0.3) is 0 Å². The third-order valence-corrected chi connectivity index (χ3v) is 3.94. The first-order chi connectivity index (χ1) is 8.77. The molecule has 1 aromatic carbocycles. The number of carbonyl (C=O) groups is 1. The molecular weight excluding hydrogens is 264 g/mol. The summed E-state index contributed by atoms with van der Waals surface area (Å²) >= 11 is 0. The number of rotatable bonds is 5. The number of sulfonamides is 1. The summed E-state index contributed by atoms with van der Waals surface area (Å²) in [6.07, 6.45) is 1.10. The van der Waals surface area contributed by atoms with Crippen molar-refractivity contribution in [1.29, 1.82) is 0 Å². The maximum absolute atomic E-state index is 11.9. The molecule has 1 N–H and O–H groups in total. The van der Waals surface area contributed by atoms with Crippen LogP contribution in [-0.2, 0) is 14.8 Å². The summed E-state index contributed by atoms with van der Waals surface area (Å²) < 4.78 is 25.0. The fraction of sp³-hybridized carbons (Fsp3) is 0.462. The topological polar surface area (TPSA) is 66.5 Å². The molecule has 1 amide bonds. The summed E-state index contributed by atoms with van der Waals surface area (Å²) in [6.45, 7) is 5.71. The highest BCUT2D eigenvalue weighted by atomic mass is 32.2. The molecule has 0 bridgehead atoms. The van der Waals surface area contributed by atoms with Gasteiger partial charge in [0.05, 0.1) is 11.9 Å². The van der Waals surface area contributed by atoms with Gasteiger partial charge in [-0.05, 0) is 38.5 Å². The summed E-state index contributed by atoms with van der Waals surface area (Å²) in [6, 6.07) is 6.30. The second-order valence-corrected chi connectivity index (χ2v) is 6.33. The van der Waals surface area contributed by atoms with E-state index in [9.17, 15) is 13.2 Å². The van der Waals surface area contributed by atoms with Gasteiger partial charge in [-0.3, -0.25) is 9.10 Å². The van der Waals surface area contributed by atoms with E-state index in [0.29, 0.717) is 12.2 Å². The van der Waals surface area contributed by atoms with E-state index in [1.54, 1.807) is 32.0 Å². The predicted molar refractivity (Wildman–Crippen MR) is 76.6 cm³/mol. The van der Waals surface area contributed by atoms with Crippen molar-refractivity contribution in [1.82, 2.24) is 5.32 Å².